The van der Waals surface area contributed by atoms with E-state index < -0.39 is 6.09 Å². The molecule has 16 heavy (non-hydrogen) atoms. The summed E-state index contributed by atoms with van der Waals surface area (Å²) in [4.78, 5) is 11.2. The summed E-state index contributed by atoms with van der Waals surface area (Å²) in [5.41, 5.74) is 1.10. The molecule has 0 spiro atoms. The fraction of sp³-hybridized carbons (Fsp3) is 0.364. The molecule has 1 heterocycles. The zero-order chi connectivity index (χ0) is 11.4. The highest BCUT2D eigenvalue weighted by atomic mass is 32.2. The van der Waals surface area contributed by atoms with Crippen LogP contribution in [0.2, 0.25) is 0 Å². The van der Waals surface area contributed by atoms with Crippen LogP contribution in [0.4, 0.5) is 4.79 Å². The molecule has 0 radical (unpaired) electrons. The minimum atomic E-state index is -0.416. The number of para-hydroxylation sites is 1. The molecule has 3 nitrogen and oxygen atoms in total. The number of ether oxygens (including phenoxy) is 1. The predicted molar refractivity (Wildman–Crippen MR) is 69.2 cm³/mol. The second-order valence-corrected chi connectivity index (χ2v) is 5.98. The highest BCUT2D eigenvalue weighted by Gasteiger charge is 2.22. The lowest BCUT2D eigenvalue weighted by atomic mass is 10.2. The van der Waals surface area contributed by atoms with E-state index in [0.717, 1.165) is 17.1 Å². The molecule has 0 aliphatic carbocycles. The Balaban J connectivity index is 2.19. The first-order chi connectivity index (χ1) is 7.81. The molecular formula is C11H13NO2S2. The number of benzene rings is 1. The van der Waals surface area contributed by atoms with E-state index in [-0.39, 0.29) is 0 Å². The highest BCUT2D eigenvalue weighted by molar-refractivity contribution is 8.19. The number of carbonyl (C=O) groups is 1. The van der Waals surface area contributed by atoms with E-state index in [1.165, 1.54) is 0 Å². The van der Waals surface area contributed by atoms with Crippen LogP contribution in [-0.4, -0.2) is 24.6 Å². The van der Waals surface area contributed by atoms with Crippen molar-refractivity contribution >= 4 is 29.6 Å². The summed E-state index contributed by atoms with van der Waals surface area (Å²) in [7, 11) is 1.56. The molecule has 0 unspecified atom stereocenters. The Morgan fingerprint density at radius 1 is 1.38 bits per heavy atom. The van der Waals surface area contributed by atoms with E-state index in [1.54, 1.807) is 7.05 Å². The lowest BCUT2D eigenvalue weighted by Crippen LogP contribution is -2.22. The monoisotopic (exact) mass is 255 g/mol. The minimum absolute atomic E-state index is 0.390. The first kappa shape index (κ1) is 11.7. The Morgan fingerprint density at radius 3 is 2.75 bits per heavy atom. The third-order valence-electron chi connectivity index (χ3n) is 2.20. The molecule has 0 aromatic heterocycles. The van der Waals surface area contributed by atoms with Gasteiger partial charge in [0.2, 0.25) is 0 Å². The Morgan fingerprint density at radius 2 is 2.06 bits per heavy atom. The van der Waals surface area contributed by atoms with E-state index in [9.17, 15) is 4.79 Å². The zero-order valence-electron chi connectivity index (χ0n) is 8.93. The van der Waals surface area contributed by atoms with E-state index in [0.29, 0.717) is 10.3 Å². The van der Waals surface area contributed by atoms with Crippen LogP contribution in [-0.2, 0) is 0 Å². The van der Waals surface area contributed by atoms with Gasteiger partial charge >= 0.3 is 6.09 Å². The molecule has 0 saturated carbocycles. The van der Waals surface area contributed by atoms with Gasteiger partial charge in [0.05, 0.1) is 4.58 Å². The summed E-state index contributed by atoms with van der Waals surface area (Å²) in [6, 6.07) is 7.72. The third-order valence-corrected chi connectivity index (χ3v) is 5.27. The quantitative estimate of drug-likeness (QED) is 0.882. The highest BCUT2D eigenvalue weighted by Crippen LogP contribution is 2.48. The Kier molecular flexibility index (Phi) is 4.01. The molecule has 2 rings (SSSR count). The lowest BCUT2D eigenvalue weighted by Gasteiger charge is -2.13. The van der Waals surface area contributed by atoms with Crippen molar-refractivity contribution in [3.05, 3.63) is 29.8 Å². The lowest BCUT2D eigenvalue weighted by molar-refractivity contribution is 0.202. The van der Waals surface area contributed by atoms with Crippen LogP contribution in [0.3, 0.4) is 0 Å². The number of rotatable bonds is 2. The number of amides is 1. The van der Waals surface area contributed by atoms with Gasteiger partial charge in [0.15, 0.2) is 0 Å². The van der Waals surface area contributed by atoms with Crippen molar-refractivity contribution in [2.45, 2.75) is 4.58 Å². The van der Waals surface area contributed by atoms with Gasteiger partial charge in [-0.25, -0.2) is 4.79 Å². The van der Waals surface area contributed by atoms with Crippen LogP contribution in [0.25, 0.3) is 0 Å². The molecule has 1 aliphatic heterocycles. The maximum absolute atomic E-state index is 11.2. The van der Waals surface area contributed by atoms with Crippen LogP contribution in [0.1, 0.15) is 10.1 Å². The molecule has 86 valence electrons. The molecule has 1 N–H and O–H groups in total. The Labute approximate surface area is 103 Å². The van der Waals surface area contributed by atoms with E-state index in [1.807, 2.05) is 47.8 Å². The van der Waals surface area contributed by atoms with Crippen LogP contribution in [0, 0.1) is 0 Å². The molecule has 1 aromatic rings. The third kappa shape index (κ3) is 2.65. The summed E-state index contributed by atoms with van der Waals surface area (Å²) in [5, 5.41) is 2.46. The standard InChI is InChI=1S/C11H13NO2S2/c1-12-11(13)14-9-5-3-2-4-8(9)10-15-6-7-16-10/h2-5,10H,6-7H2,1H3,(H,12,13). The van der Waals surface area contributed by atoms with Gasteiger partial charge in [-0.15, -0.1) is 23.5 Å². The van der Waals surface area contributed by atoms with Gasteiger partial charge in [0.1, 0.15) is 5.75 Å². The first-order valence-corrected chi connectivity index (χ1v) is 7.12. The zero-order valence-corrected chi connectivity index (χ0v) is 10.6. The molecule has 5 heteroatoms. The van der Waals surface area contributed by atoms with Crippen molar-refractivity contribution in [2.24, 2.45) is 0 Å². The smallest absolute Gasteiger partial charge is 0.410 e. The number of nitrogens with one attached hydrogen (secondary N) is 1. The second-order valence-electron chi connectivity index (χ2n) is 3.25. The molecule has 1 fully saturated rings. The number of hydrogen-bond donors (Lipinski definition) is 1. The average Bonchev–Trinajstić information content (AvgIpc) is 2.83. The summed E-state index contributed by atoms with van der Waals surface area (Å²) in [5.74, 6) is 2.97. The van der Waals surface area contributed by atoms with Gasteiger partial charge in [0.25, 0.3) is 0 Å². The second kappa shape index (κ2) is 5.50. The molecule has 1 aliphatic rings. The van der Waals surface area contributed by atoms with Crippen LogP contribution in [0.5, 0.6) is 5.75 Å². The molecule has 0 atom stereocenters. The molecule has 1 amide bonds. The van der Waals surface area contributed by atoms with Crippen molar-refractivity contribution in [1.82, 2.24) is 5.32 Å². The molecule has 1 saturated heterocycles. The van der Waals surface area contributed by atoms with Crippen molar-refractivity contribution in [3.63, 3.8) is 0 Å². The Bertz CT molecular complexity index is 378. The predicted octanol–water partition coefficient (Wildman–Crippen LogP) is 2.88. The van der Waals surface area contributed by atoms with E-state index in [2.05, 4.69) is 5.32 Å². The number of carbonyl (C=O) groups excluding carboxylic acids is 1. The molecular weight excluding hydrogens is 242 g/mol. The normalized spacial score (nSPS) is 16.1. The van der Waals surface area contributed by atoms with Crippen molar-refractivity contribution in [3.8, 4) is 5.75 Å². The fourth-order valence-corrected chi connectivity index (χ4v) is 4.37. The van der Waals surface area contributed by atoms with Crippen LogP contribution in [0.15, 0.2) is 24.3 Å². The van der Waals surface area contributed by atoms with Gasteiger partial charge in [-0.1, -0.05) is 18.2 Å². The summed E-state index contributed by atoms with van der Waals surface area (Å²) in [6.45, 7) is 0. The average molecular weight is 255 g/mol. The molecule has 1 aromatic carbocycles. The Hall–Kier alpha value is -0.810. The van der Waals surface area contributed by atoms with Gasteiger partial charge in [0, 0.05) is 24.1 Å². The largest absolute Gasteiger partial charge is 0.412 e. The van der Waals surface area contributed by atoms with E-state index in [4.69, 9.17) is 4.74 Å². The summed E-state index contributed by atoms with van der Waals surface area (Å²) in [6.07, 6.45) is -0.416. The SMILES string of the molecule is CNC(=O)Oc1ccccc1C1SCCS1. The maximum Gasteiger partial charge on any atom is 0.412 e. The van der Waals surface area contributed by atoms with Gasteiger partial charge in [-0.3, -0.25) is 0 Å². The van der Waals surface area contributed by atoms with Crippen molar-refractivity contribution < 1.29 is 9.53 Å². The first-order valence-electron chi connectivity index (χ1n) is 5.03. The van der Waals surface area contributed by atoms with Gasteiger partial charge in [-0.2, -0.15) is 0 Å². The van der Waals surface area contributed by atoms with Crippen LogP contribution < -0.4 is 10.1 Å². The maximum atomic E-state index is 11.2. The topological polar surface area (TPSA) is 38.3 Å². The van der Waals surface area contributed by atoms with E-state index >= 15 is 0 Å². The number of hydrogen-bond acceptors (Lipinski definition) is 4. The summed E-state index contributed by atoms with van der Waals surface area (Å²) < 4.78 is 5.62. The fourth-order valence-electron chi connectivity index (χ4n) is 1.46. The molecule has 0 bridgehead atoms. The van der Waals surface area contributed by atoms with Crippen LogP contribution >= 0.6 is 23.5 Å². The number of thioether (sulfide) groups is 2. The van der Waals surface area contributed by atoms with Gasteiger partial charge in [-0.05, 0) is 6.07 Å². The minimum Gasteiger partial charge on any atom is -0.410 e. The van der Waals surface area contributed by atoms with Crippen molar-refractivity contribution in [1.29, 1.82) is 0 Å². The van der Waals surface area contributed by atoms with Gasteiger partial charge < -0.3 is 10.1 Å². The van der Waals surface area contributed by atoms with Crippen molar-refractivity contribution in [2.75, 3.05) is 18.6 Å². The summed E-state index contributed by atoms with van der Waals surface area (Å²) >= 11 is 3.79.